The van der Waals surface area contributed by atoms with Crippen molar-refractivity contribution in [1.82, 2.24) is 5.32 Å². The van der Waals surface area contributed by atoms with Crippen LogP contribution in [0, 0.1) is 5.92 Å². The van der Waals surface area contributed by atoms with Gasteiger partial charge in [-0.3, -0.25) is 4.79 Å². The average molecular weight is 274 g/mol. The highest BCUT2D eigenvalue weighted by molar-refractivity contribution is 6.35. The molecule has 0 heterocycles. The van der Waals surface area contributed by atoms with Crippen molar-refractivity contribution in [2.45, 2.75) is 18.9 Å². The minimum atomic E-state index is -0.197. The number of nitrogens with one attached hydrogen (secondary N) is 1. The lowest BCUT2D eigenvalue weighted by Crippen LogP contribution is -2.38. The largest absolute Gasteiger partial charge is 0.393 e. The topological polar surface area (TPSA) is 49.3 Å². The minimum Gasteiger partial charge on any atom is -0.393 e. The van der Waals surface area contributed by atoms with E-state index >= 15 is 0 Å². The molecule has 1 aliphatic rings. The Kier molecular flexibility index (Phi) is 3.92. The van der Waals surface area contributed by atoms with Crippen LogP contribution in [0.5, 0.6) is 0 Å². The lowest BCUT2D eigenvalue weighted by atomic mass is 9.82. The average Bonchev–Trinajstić information content (AvgIpc) is 2.21. The van der Waals surface area contributed by atoms with Gasteiger partial charge in [-0.2, -0.15) is 0 Å². The van der Waals surface area contributed by atoms with Gasteiger partial charge in [-0.05, 0) is 37.0 Å². The first-order valence-electron chi connectivity index (χ1n) is 5.47. The van der Waals surface area contributed by atoms with Gasteiger partial charge in [-0.25, -0.2) is 0 Å². The molecule has 3 nitrogen and oxygen atoms in total. The molecule has 0 atom stereocenters. The van der Waals surface area contributed by atoms with Gasteiger partial charge in [0.05, 0.1) is 6.10 Å². The molecule has 0 bridgehead atoms. The summed E-state index contributed by atoms with van der Waals surface area (Å²) in [4.78, 5) is 11.8. The van der Waals surface area contributed by atoms with Crippen LogP contribution in [0.4, 0.5) is 0 Å². The number of hydrogen-bond acceptors (Lipinski definition) is 2. The maximum Gasteiger partial charge on any atom is 0.251 e. The Hall–Kier alpha value is -0.770. The van der Waals surface area contributed by atoms with Crippen LogP contribution in [0.2, 0.25) is 10.0 Å². The summed E-state index contributed by atoms with van der Waals surface area (Å²) in [5.41, 5.74) is 0.461. The first-order chi connectivity index (χ1) is 8.04. The van der Waals surface area contributed by atoms with Crippen molar-refractivity contribution in [3.63, 3.8) is 0 Å². The summed E-state index contributed by atoms with van der Waals surface area (Å²) in [7, 11) is 0. The number of hydrogen-bond donors (Lipinski definition) is 2. The molecule has 0 aliphatic heterocycles. The van der Waals surface area contributed by atoms with Crippen molar-refractivity contribution in [3.05, 3.63) is 33.8 Å². The quantitative estimate of drug-likeness (QED) is 0.889. The van der Waals surface area contributed by atoms with Crippen LogP contribution in [0.15, 0.2) is 18.2 Å². The van der Waals surface area contributed by atoms with Crippen molar-refractivity contribution in [3.8, 4) is 0 Å². The van der Waals surface area contributed by atoms with Gasteiger partial charge < -0.3 is 10.4 Å². The van der Waals surface area contributed by atoms with E-state index in [-0.39, 0.29) is 12.0 Å². The number of rotatable bonds is 3. The summed E-state index contributed by atoms with van der Waals surface area (Å²) in [5, 5.41) is 12.8. The third-order valence-electron chi connectivity index (χ3n) is 2.89. The molecule has 2 rings (SSSR count). The van der Waals surface area contributed by atoms with E-state index in [0.29, 0.717) is 28.1 Å². The standard InChI is InChI=1S/C12H13Cl2NO2/c13-9-3-8(4-10(14)5-9)12(17)15-6-7-1-11(16)2-7/h3-5,7,11,16H,1-2,6H2,(H,15,17). The Morgan fingerprint density at radius 3 is 2.41 bits per heavy atom. The Labute approximate surface area is 110 Å². The maximum absolute atomic E-state index is 11.8. The first kappa shape index (κ1) is 12.7. The van der Waals surface area contributed by atoms with Gasteiger partial charge in [0.1, 0.15) is 0 Å². The molecule has 92 valence electrons. The molecular weight excluding hydrogens is 261 g/mol. The molecule has 0 aromatic heterocycles. The van der Waals surface area contributed by atoms with E-state index in [2.05, 4.69) is 5.32 Å². The normalized spacial score (nSPS) is 23.0. The van der Waals surface area contributed by atoms with Crippen molar-refractivity contribution >= 4 is 29.1 Å². The molecule has 0 radical (unpaired) electrons. The van der Waals surface area contributed by atoms with E-state index in [0.717, 1.165) is 12.8 Å². The molecule has 0 saturated heterocycles. The third-order valence-corrected chi connectivity index (χ3v) is 3.32. The molecule has 1 amide bonds. The van der Waals surface area contributed by atoms with E-state index in [1.165, 1.54) is 0 Å². The van der Waals surface area contributed by atoms with Gasteiger partial charge in [0, 0.05) is 22.2 Å². The summed E-state index contributed by atoms with van der Waals surface area (Å²) in [5.74, 6) is 0.194. The van der Waals surface area contributed by atoms with Crippen molar-refractivity contribution < 1.29 is 9.90 Å². The van der Waals surface area contributed by atoms with E-state index in [1.807, 2.05) is 0 Å². The SMILES string of the molecule is O=C(NCC1CC(O)C1)c1cc(Cl)cc(Cl)c1. The van der Waals surface area contributed by atoms with Gasteiger partial charge in [-0.15, -0.1) is 0 Å². The second-order valence-corrected chi connectivity index (χ2v) is 5.23. The Balaban J connectivity index is 1.90. The summed E-state index contributed by atoms with van der Waals surface area (Å²) in [6.07, 6.45) is 1.32. The molecule has 0 spiro atoms. The van der Waals surface area contributed by atoms with Crippen LogP contribution in [-0.2, 0) is 0 Å². The highest BCUT2D eigenvalue weighted by Gasteiger charge is 2.27. The minimum absolute atomic E-state index is 0.184. The molecule has 1 fully saturated rings. The lowest BCUT2D eigenvalue weighted by molar-refractivity contribution is 0.0420. The highest BCUT2D eigenvalue weighted by atomic mass is 35.5. The predicted molar refractivity (Wildman–Crippen MR) is 67.5 cm³/mol. The molecule has 17 heavy (non-hydrogen) atoms. The van der Waals surface area contributed by atoms with Crippen molar-refractivity contribution in [2.75, 3.05) is 6.54 Å². The van der Waals surface area contributed by atoms with E-state index in [1.54, 1.807) is 18.2 Å². The summed E-state index contributed by atoms with van der Waals surface area (Å²) in [6, 6.07) is 4.75. The zero-order valence-electron chi connectivity index (χ0n) is 9.12. The number of carbonyl (C=O) groups is 1. The Morgan fingerprint density at radius 1 is 1.29 bits per heavy atom. The van der Waals surface area contributed by atoms with Crippen molar-refractivity contribution in [2.24, 2.45) is 5.92 Å². The number of aliphatic hydroxyl groups is 1. The number of halogens is 2. The second-order valence-electron chi connectivity index (χ2n) is 4.36. The fourth-order valence-corrected chi connectivity index (χ4v) is 2.42. The number of amides is 1. The zero-order chi connectivity index (χ0) is 12.4. The molecular formula is C12H13Cl2NO2. The van der Waals surface area contributed by atoms with Crippen LogP contribution in [0.25, 0.3) is 0 Å². The van der Waals surface area contributed by atoms with Gasteiger partial charge in [0.25, 0.3) is 5.91 Å². The van der Waals surface area contributed by atoms with Gasteiger partial charge >= 0.3 is 0 Å². The Morgan fingerprint density at radius 2 is 1.88 bits per heavy atom. The highest BCUT2D eigenvalue weighted by Crippen LogP contribution is 2.26. The van der Waals surface area contributed by atoms with Gasteiger partial charge in [0.15, 0.2) is 0 Å². The first-order valence-corrected chi connectivity index (χ1v) is 6.22. The van der Waals surface area contributed by atoms with Gasteiger partial charge in [-0.1, -0.05) is 23.2 Å². The van der Waals surface area contributed by atoms with Crippen LogP contribution in [0.3, 0.4) is 0 Å². The van der Waals surface area contributed by atoms with Crippen LogP contribution >= 0.6 is 23.2 Å². The molecule has 1 saturated carbocycles. The molecule has 2 N–H and O–H groups in total. The lowest BCUT2D eigenvalue weighted by Gasteiger charge is -2.31. The summed E-state index contributed by atoms with van der Waals surface area (Å²) in [6.45, 7) is 0.583. The third kappa shape index (κ3) is 3.35. The zero-order valence-corrected chi connectivity index (χ0v) is 10.6. The number of benzene rings is 1. The fraction of sp³-hybridized carbons (Fsp3) is 0.417. The smallest absolute Gasteiger partial charge is 0.251 e. The van der Waals surface area contributed by atoms with E-state index < -0.39 is 0 Å². The monoisotopic (exact) mass is 273 g/mol. The van der Waals surface area contributed by atoms with Crippen molar-refractivity contribution in [1.29, 1.82) is 0 Å². The number of carbonyl (C=O) groups excluding carboxylic acids is 1. The summed E-state index contributed by atoms with van der Waals surface area (Å²) >= 11 is 11.6. The predicted octanol–water partition coefficient (Wildman–Crippen LogP) is 2.49. The molecule has 1 aliphatic carbocycles. The number of aliphatic hydroxyl groups excluding tert-OH is 1. The molecule has 5 heteroatoms. The maximum atomic E-state index is 11.8. The molecule has 1 aromatic rings. The van der Waals surface area contributed by atoms with Gasteiger partial charge in [0.2, 0.25) is 0 Å². The molecule has 1 aromatic carbocycles. The fourth-order valence-electron chi connectivity index (χ4n) is 1.89. The van der Waals surface area contributed by atoms with Crippen LogP contribution in [-0.4, -0.2) is 23.7 Å². The molecule has 0 unspecified atom stereocenters. The second kappa shape index (κ2) is 5.25. The van der Waals surface area contributed by atoms with E-state index in [4.69, 9.17) is 28.3 Å². The Bertz CT molecular complexity index is 410. The van der Waals surface area contributed by atoms with Crippen LogP contribution < -0.4 is 5.32 Å². The van der Waals surface area contributed by atoms with E-state index in [9.17, 15) is 4.79 Å². The summed E-state index contributed by atoms with van der Waals surface area (Å²) < 4.78 is 0. The van der Waals surface area contributed by atoms with Crippen LogP contribution in [0.1, 0.15) is 23.2 Å².